The summed E-state index contributed by atoms with van der Waals surface area (Å²) in [5.74, 6) is 1.50. The molecule has 8 nitrogen and oxygen atoms in total. The SMILES string of the molecule is CN=C(NCc1ccc(S(=O)(=O)NC)cc1)NCc1ccc(C)cc1OC1CCOC1. The predicted molar refractivity (Wildman–Crippen MR) is 121 cm³/mol. The maximum Gasteiger partial charge on any atom is 0.240 e. The lowest BCUT2D eigenvalue weighted by Gasteiger charge is -2.18. The average Bonchev–Trinajstić information content (AvgIpc) is 3.28. The summed E-state index contributed by atoms with van der Waals surface area (Å²) >= 11 is 0. The van der Waals surface area contributed by atoms with Gasteiger partial charge in [0.05, 0.1) is 18.1 Å². The van der Waals surface area contributed by atoms with E-state index >= 15 is 0 Å². The van der Waals surface area contributed by atoms with Crippen LogP contribution in [0.3, 0.4) is 0 Å². The maximum atomic E-state index is 11.8. The molecule has 1 heterocycles. The van der Waals surface area contributed by atoms with Crippen molar-refractivity contribution in [3.8, 4) is 5.75 Å². The highest BCUT2D eigenvalue weighted by Gasteiger charge is 2.19. The quantitative estimate of drug-likeness (QED) is 0.423. The van der Waals surface area contributed by atoms with Crippen molar-refractivity contribution in [1.29, 1.82) is 0 Å². The number of nitrogens with one attached hydrogen (secondary N) is 3. The van der Waals surface area contributed by atoms with Crippen molar-refractivity contribution in [3.63, 3.8) is 0 Å². The first-order valence-corrected chi connectivity index (χ1v) is 11.7. The normalized spacial score (nSPS) is 16.9. The molecule has 3 rings (SSSR count). The molecule has 0 aromatic heterocycles. The van der Waals surface area contributed by atoms with Gasteiger partial charge in [0.2, 0.25) is 10.0 Å². The van der Waals surface area contributed by atoms with E-state index in [1.165, 1.54) is 7.05 Å². The molecule has 168 valence electrons. The summed E-state index contributed by atoms with van der Waals surface area (Å²) < 4.78 is 37.5. The van der Waals surface area contributed by atoms with Crippen LogP contribution in [-0.2, 0) is 27.8 Å². The molecule has 1 atom stereocenters. The lowest BCUT2D eigenvalue weighted by atomic mass is 10.1. The zero-order valence-corrected chi connectivity index (χ0v) is 19.0. The summed E-state index contributed by atoms with van der Waals surface area (Å²) in [6, 6.07) is 12.9. The molecule has 0 spiro atoms. The molecule has 2 aromatic rings. The average molecular weight is 447 g/mol. The first-order valence-electron chi connectivity index (χ1n) is 10.2. The standard InChI is InChI=1S/C22H30N4O4S/c1-16-4-7-18(21(12-16)30-19-10-11-29-15-19)14-26-22(23-2)25-13-17-5-8-20(9-6-17)31(27,28)24-3/h4-9,12,19,24H,10-11,13-15H2,1-3H3,(H2,23,25,26). The van der Waals surface area contributed by atoms with E-state index in [9.17, 15) is 8.42 Å². The number of ether oxygens (including phenoxy) is 2. The molecule has 0 radical (unpaired) electrons. The van der Waals surface area contributed by atoms with Crippen LogP contribution >= 0.6 is 0 Å². The first-order chi connectivity index (χ1) is 14.9. The number of nitrogens with zero attached hydrogens (tertiary/aromatic N) is 1. The van der Waals surface area contributed by atoms with Gasteiger partial charge < -0.3 is 20.1 Å². The van der Waals surface area contributed by atoms with E-state index in [0.717, 1.165) is 35.5 Å². The minimum absolute atomic E-state index is 0.0904. The lowest BCUT2D eigenvalue weighted by Crippen LogP contribution is -2.36. The van der Waals surface area contributed by atoms with Crippen molar-refractivity contribution in [2.24, 2.45) is 4.99 Å². The van der Waals surface area contributed by atoms with Gasteiger partial charge in [0.25, 0.3) is 0 Å². The Balaban J connectivity index is 1.57. The van der Waals surface area contributed by atoms with Gasteiger partial charge in [0.1, 0.15) is 11.9 Å². The number of aliphatic imine (C=N–C) groups is 1. The molecule has 2 aromatic carbocycles. The van der Waals surface area contributed by atoms with Crippen LogP contribution in [0.15, 0.2) is 52.4 Å². The predicted octanol–water partition coefficient (Wildman–Crippen LogP) is 1.94. The molecule has 0 amide bonds. The Morgan fingerprint density at radius 3 is 2.55 bits per heavy atom. The Hall–Kier alpha value is -2.62. The van der Waals surface area contributed by atoms with Crippen LogP contribution in [0, 0.1) is 6.92 Å². The number of guanidine groups is 1. The van der Waals surface area contributed by atoms with Crippen LogP contribution in [0.4, 0.5) is 0 Å². The summed E-state index contributed by atoms with van der Waals surface area (Å²) in [4.78, 5) is 4.50. The summed E-state index contributed by atoms with van der Waals surface area (Å²) in [6.45, 7) is 4.47. The summed E-state index contributed by atoms with van der Waals surface area (Å²) in [5, 5.41) is 6.55. The number of sulfonamides is 1. The van der Waals surface area contributed by atoms with Gasteiger partial charge in [-0.2, -0.15) is 0 Å². The monoisotopic (exact) mass is 446 g/mol. The second kappa shape index (κ2) is 10.6. The fraction of sp³-hybridized carbons (Fsp3) is 0.409. The van der Waals surface area contributed by atoms with Gasteiger partial charge in [-0.1, -0.05) is 24.3 Å². The third-order valence-electron chi connectivity index (χ3n) is 5.04. The molecular formula is C22H30N4O4S. The molecule has 1 aliphatic rings. The van der Waals surface area contributed by atoms with Crippen molar-refractivity contribution >= 4 is 16.0 Å². The molecule has 1 aliphatic heterocycles. The minimum atomic E-state index is -3.43. The summed E-state index contributed by atoms with van der Waals surface area (Å²) in [5.41, 5.74) is 3.13. The number of benzene rings is 2. The Kier molecular flexibility index (Phi) is 7.89. The molecule has 1 fully saturated rings. The summed E-state index contributed by atoms with van der Waals surface area (Å²) in [6.07, 6.45) is 0.992. The fourth-order valence-electron chi connectivity index (χ4n) is 3.19. The Labute approximate surface area is 184 Å². The van der Waals surface area contributed by atoms with E-state index in [-0.39, 0.29) is 11.0 Å². The second-order valence-corrected chi connectivity index (χ2v) is 9.23. The first kappa shape index (κ1) is 23.1. The van der Waals surface area contributed by atoms with Crippen LogP contribution < -0.4 is 20.1 Å². The van der Waals surface area contributed by atoms with E-state index in [0.29, 0.717) is 25.7 Å². The van der Waals surface area contributed by atoms with Crippen molar-refractivity contribution < 1.29 is 17.9 Å². The van der Waals surface area contributed by atoms with E-state index in [2.05, 4.69) is 32.5 Å². The molecule has 3 N–H and O–H groups in total. The minimum Gasteiger partial charge on any atom is -0.488 e. The van der Waals surface area contributed by atoms with E-state index in [4.69, 9.17) is 9.47 Å². The molecule has 0 bridgehead atoms. The van der Waals surface area contributed by atoms with Crippen LogP contribution in [-0.4, -0.2) is 47.8 Å². The van der Waals surface area contributed by atoms with Crippen molar-refractivity contribution in [3.05, 3.63) is 59.2 Å². The van der Waals surface area contributed by atoms with Crippen LogP contribution in [0.2, 0.25) is 0 Å². The Morgan fingerprint density at radius 2 is 1.90 bits per heavy atom. The number of rotatable bonds is 8. The molecule has 1 saturated heterocycles. The van der Waals surface area contributed by atoms with Gasteiger partial charge in [0.15, 0.2) is 5.96 Å². The maximum absolute atomic E-state index is 11.8. The van der Waals surface area contributed by atoms with Crippen LogP contribution in [0.5, 0.6) is 5.75 Å². The largest absolute Gasteiger partial charge is 0.488 e. The third kappa shape index (κ3) is 6.43. The van der Waals surface area contributed by atoms with Crippen molar-refractivity contribution in [2.75, 3.05) is 27.3 Å². The zero-order valence-electron chi connectivity index (χ0n) is 18.1. The molecule has 0 aliphatic carbocycles. The van der Waals surface area contributed by atoms with Gasteiger partial charge in [-0.15, -0.1) is 0 Å². The zero-order chi connectivity index (χ0) is 22.3. The van der Waals surface area contributed by atoms with Gasteiger partial charge >= 0.3 is 0 Å². The highest BCUT2D eigenvalue weighted by atomic mass is 32.2. The fourth-order valence-corrected chi connectivity index (χ4v) is 3.92. The molecular weight excluding hydrogens is 416 g/mol. The van der Waals surface area contributed by atoms with Crippen LogP contribution in [0.1, 0.15) is 23.1 Å². The number of aryl methyl sites for hydroxylation is 1. The Bertz CT molecular complexity index is 1000. The van der Waals surface area contributed by atoms with E-state index in [1.54, 1.807) is 31.3 Å². The third-order valence-corrected chi connectivity index (χ3v) is 6.47. The van der Waals surface area contributed by atoms with Gasteiger partial charge in [-0.3, -0.25) is 4.99 Å². The second-order valence-electron chi connectivity index (χ2n) is 7.35. The van der Waals surface area contributed by atoms with Crippen molar-refractivity contribution in [2.45, 2.75) is 37.4 Å². The van der Waals surface area contributed by atoms with Crippen LogP contribution in [0.25, 0.3) is 0 Å². The van der Waals surface area contributed by atoms with Gasteiger partial charge in [0, 0.05) is 32.1 Å². The van der Waals surface area contributed by atoms with E-state index in [1.807, 2.05) is 13.0 Å². The smallest absolute Gasteiger partial charge is 0.240 e. The van der Waals surface area contributed by atoms with E-state index < -0.39 is 10.0 Å². The van der Waals surface area contributed by atoms with Gasteiger partial charge in [-0.05, 0) is 43.3 Å². The molecule has 1 unspecified atom stereocenters. The molecule has 9 heteroatoms. The summed E-state index contributed by atoms with van der Waals surface area (Å²) in [7, 11) is -0.328. The lowest BCUT2D eigenvalue weighted by molar-refractivity contribution is 0.140. The highest BCUT2D eigenvalue weighted by molar-refractivity contribution is 7.89. The molecule has 0 saturated carbocycles. The highest BCUT2D eigenvalue weighted by Crippen LogP contribution is 2.23. The van der Waals surface area contributed by atoms with Gasteiger partial charge in [-0.25, -0.2) is 13.1 Å². The molecule has 31 heavy (non-hydrogen) atoms. The van der Waals surface area contributed by atoms with Crippen molar-refractivity contribution in [1.82, 2.24) is 15.4 Å². The number of hydrogen-bond acceptors (Lipinski definition) is 5. The topological polar surface area (TPSA) is 101 Å². The number of hydrogen-bond donors (Lipinski definition) is 3. The Morgan fingerprint density at radius 1 is 1.16 bits per heavy atom.